The lowest BCUT2D eigenvalue weighted by Gasteiger charge is -2.61. The number of hydrogen-bond acceptors (Lipinski definition) is 18. The highest BCUT2D eigenvalue weighted by molar-refractivity contribution is 5.67. The van der Waals surface area contributed by atoms with Gasteiger partial charge in [-0.1, -0.05) is 284 Å². The van der Waals surface area contributed by atoms with Crippen molar-refractivity contribution in [2.24, 2.45) is 158 Å². The molecule has 0 aromatic heterocycles. The maximum absolute atomic E-state index is 12.4. The molecular weight excluding hydrogens is 1830 g/mol. The molecule has 16 aliphatic rings. The van der Waals surface area contributed by atoms with Crippen molar-refractivity contribution in [1.29, 1.82) is 0 Å². The molecule has 0 aliphatic heterocycles. The number of ether oxygens (including phenoxy) is 6. The predicted molar refractivity (Wildman–Crippen MR) is 581 cm³/mol. The third kappa shape index (κ3) is 19.0. The summed E-state index contributed by atoms with van der Waals surface area (Å²) in [5.74, 6) is 2.68. The Hall–Kier alpha value is -6.54. The number of carbonyl (C=O) groups is 6. The van der Waals surface area contributed by atoms with Gasteiger partial charge in [0.15, 0.2) is 0 Å². The van der Waals surface area contributed by atoms with Gasteiger partial charge in [0.1, 0.15) is 36.6 Å². The molecule has 0 radical (unpaired) electrons. The zero-order valence-electron chi connectivity index (χ0n) is 95.8. The summed E-state index contributed by atoms with van der Waals surface area (Å²) in [6, 6.07) is 0. The smallest absolute Gasteiger partial charge is 0.302 e. The van der Waals surface area contributed by atoms with Crippen LogP contribution >= 0.6 is 0 Å². The van der Waals surface area contributed by atoms with E-state index in [0.29, 0.717) is 105 Å². The number of allylic oxidation sites excluding steroid dienone is 18. The van der Waals surface area contributed by atoms with Gasteiger partial charge in [-0.3, -0.25) is 28.8 Å². The average Bonchev–Trinajstić information content (AvgIpc) is 1.47. The van der Waals surface area contributed by atoms with Crippen molar-refractivity contribution < 1.29 is 87.8 Å². The fourth-order valence-corrected chi connectivity index (χ4v) is 35.6. The Bertz CT molecular complexity index is 5170. The SMILES string of the molecule is C=C(CC[C@@H](OC=O)[C@H]1CC[C@@]2(C)C3=CC[C@H]4C(C)(C)[C@@H](O)CC[C@]4(C)C3=CC[C@]12C)C(C)C.C=C(CC[C@@H](OC=O)[C@H]1C[C@H](O)[C@@]2(C)C3=CC[C@H]4C(C)(C)[C@@H](O)CC[C@]4(C)C3=CC[C@]12C)C(C)C.C=C(CC[C@@H](OC=O)[C@H]1[C@H](O)C[C@@]2(C)C3=CC[C@H]4[C@@](C)(CO)[C@@H](OC(C)=O)CC[C@]4(C)C3=CC[C@]12C)C(C)C.C=C(CC[C@H](OC=O)[C@H]1C[C@H](OC(C)=O)[C@@]2(C)C3=CC[C@H]4C(C)(C)[C@@H](O)CC[C@]4(C)C3=CC[C@]12C)C(C)C. The molecule has 6 N–H and O–H groups in total. The second-order valence-electron chi connectivity index (χ2n) is 55.5. The Morgan fingerprint density at radius 2 is 0.671 bits per heavy atom. The van der Waals surface area contributed by atoms with Crippen LogP contribution in [0.2, 0.25) is 0 Å². The molecule has 16 rings (SSSR count). The van der Waals surface area contributed by atoms with E-state index in [0.717, 1.165) is 165 Å². The van der Waals surface area contributed by atoms with E-state index in [1.165, 1.54) is 58.4 Å². The summed E-state index contributed by atoms with van der Waals surface area (Å²) in [5.41, 5.74) is 13.2. The molecule has 18 nitrogen and oxygen atoms in total. The van der Waals surface area contributed by atoms with E-state index in [-0.39, 0.29) is 168 Å². The number of fused-ring (bicyclic) bond motifs is 20. The molecule has 18 heteroatoms. The van der Waals surface area contributed by atoms with Crippen molar-refractivity contribution in [3.63, 3.8) is 0 Å². The summed E-state index contributed by atoms with van der Waals surface area (Å²) in [6.45, 7) is 83.2. The minimum absolute atomic E-state index is 0.00264. The first-order valence-corrected chi connectivity index (χ1v) is 57.0. The maximum atomic E-state index is 12.4. The van der Waals surface area contributed by atoms with E-state index in [9.17, 15) is 59.4 Å². The van der Waals surface area contributed by atoms with Gasteiger partial charge >= 0.3 is 11.9 Å². The molecule has 8 fully saturated rings. The van der Waals surface area contributed by atoms with Gasteiger partial charge in [0.25, 0.3) is 25.9 Å². The van der Waals surface area contributed by atoms with E-state index < -0.39 is 28.5 Å². The molecule has 0 aromatic carbocycles. The van der Waals surface area contributed by atoms with Crippen LogP contribution in [0.15, 0.2) is 142 Å². The van der Waals surface area contributed by atoms with Crippen LogP contribution in [0.1, 0.15) is 387 Å². The van der Waals surface area contributed by atoms with Gasteiger partial charge < -0.3 is 59.1 Å². The number of aliphatic hydroxyl groups is 6. The third-order valence-electron chi connectivity index (χ3n) is 46.9. The van der Waals surface area contributed by atoms with E-state index in [2.05, 4.69) is 262 Å². The Kier molecular flexibility index (Phi) is 33.8. The summed E-state index contributed by atoms with van der Waals surface area (Å²) < 4.78 is 35.0. The van der Waals surface area contributed by atoms with Crippen molar-refractivity contribution in [3.05, 3.63) is 142 Å². The van der Waals surface area contributed by atoms with Crippen molar-refractivity contribution in [3.8, 4) is 0 Å². The lowest BCUT2D eigenvalue weighted by molar-refractivity contribution is -0.174. The molecule has 0 bridgehead atoms. The number of hydrogen-bond donors (Lipinski definition) is 6. The van der Waals surface area contributed by atoms with Crippen LogP contribution in [0.25, 0.3) is 0 Å². The Labute approximate surface area is 880 Å². The van der Waals surface area contributed by atoms with Gasteiger partial charge in [-0.2, -0.15) is 0 Å². The summed E-state index contributed by atoms with van der Waals surface area (Å²) in [6.07, 6.45) is 40.9. The molecule has 146 heavy (non-hydrogen) atoms. The van der Waals surface area contributed by atoms with Crippen LogP contribution in [0.3, 0.4) is 0 Å². The van der Waals surface area contributed by atoms with Crippen molar-refractivity contribution in [2.45, 2.75) is 454 Å². The van der Waals surface area contributed by atoms with Crippen molar-refractivity contribution in [1.82, 2.24) is 0 Å². The second-order valence-corrected chi connectivity index (χ2v) is 55.5. The molecule has 0 saturated heterocycles. The molecule has 0 amide bonds. The average molecular weight is 2020 g/mol. The number of carbonyl (C=O) groups excluding carboxylic acids is 6. The summed E-state index contributed by atoms with van der Waals surface area (Å²) >= 11 is 0. The zero-order valence-corrected chi connectivity index (χ0v) is 95.8. The van der Waals surface area contributed by atoms with E-state index in [4.69, 9.17) is 28.4 Å². The van der Waals surface area contributed by atoms with Crippen LogP contribution in [-0.4, -0.2) is 142 Å². The molecule has 0 heterocycles. The van der Waals surface area contributed by atoms with Gasteiger partial charge in [-0.05, 0) is 343 Å². The highest BCUT2D eigenvalue weighted by Gasteiger charge is 2.73. The molecule has 816 valence electrons. The van der Waals surface area contributed by atoms with Crippen LogP contribution in [0.5, 0.6) is 0 Å². The van der Waals surface area contributed by atoms with Crippen LogP contribution in [0.4, 0.5) is 0 Å². The first-order chi connectivity index (χ1) is 67.9. The van der Waals surface area contributed by atoms with Crippen LogP contribution in [-0.2, 0) is 57.2 Å². The summed E-state index contributed by atoms with van der Waals surface area (Å²) in [7, 11) is 0. The van der Waals surface area contributed by atoms with Crippen LogP contribution in [0, 0.1) is 158 Å². The van der Waals surface area contributed by atoms with E-state index in [1.807, 2.05) is 0 Å². The monoisotopic (exact) mass is 2020 g/mol. The fourth-order valence-electron chi connectivity index (χ4n) is 35.6. The van der Waals surface area contributed by atoms with Crippen molar-refractivity contribution in [2.75, 3.05) is 6.61 Å². The first-order valence-electron chi connectivity index (χ1n) is 57.0. The predicted octanol–water partition coefficient (Wildman–Crippen LogP) is 26.7. The Morgan fingerprint density at radius 1 is 0.356 bits per heavy atom. The van der Waals surface area contributed by atoms with Gasteiger partial charge in [0.05, 0.1) is 37.1 Å². The molecular formula is C128H196O18. The molecule has 0 aromatic rings. The van der Waals surface area contributed by atoms with E-state index >= 15 is 0 Å². The highest BCUT2D eigenvalue weighted by Crippen LogP contribution is 2.78. The molecule has 32 atom stereocenters. The number of aliphatic hydroxyl groups excluding tert-OH is 6. The normalized spacial score (nSPS) is 41.6. The molecule has 0 spiro atoms. The quantitative estimate of drug-likeness (QED) is 0.0163. The standard InChI is InChI=1S/C33H50O6.C33H50O5.C31H48O4.C31H48O3/c1-20(2)21(3)9-11-26(38-19-35)29-25(37)17-33(8)24-10-12-27-30(5,23(24)13-16-32(29,33)7)15-14-28(39-22(4)36)31(27,6)18-34;1-20(2)21(3)10-12-26(37-19-34)25-18-29(38-22(4)35)33(9)24-11-13-27-30(5,6)28(36)15-16-31(27,7)23(24)14-17-32(25,33)8;1-19(2)20(3)9-11-24(35-18-32)23-17-27(34)31(8)22-10-12-25-28(4,5)26(33)14-15-29(25,6)21(22)13-16-30(23,31)7;1-20(2)21(3)9-11-25(34-19-32)24-14-18-30(7)23-10-12-26-28(4,5)27(33)15-16-29(26,6)22(23)13-17-31(24,30)8/h10,13,19-20,25-29,34,37H,3,9,11-12,14-18H2,1-2,4-8H3;11,14,19-20,25-29,36H,3,10,12-13,15-18H2,1-2,4-9H3;10,13,18-19,23-27,33-34H,3,9,11-12,14-17H2,1-2,4-8H3;10,13,19-20,24-27,33H,3,9,11-12,14-18H2,1-2,4-8H3/t25-,26-,27-,28+,29-,30-,31-,32-,33+;25-,26+,27+,28+,29+,31-,32-,33-;23-,24-,25+,26+,27+,29-,30-,31-;24-,25-,26+,27+,29-,30+,31-/m1111/s1. The summed E-state index contributed by atoms with van der Waals surface area (Å²) in [5, 5.41) is 66.4. The van der Waals surface area contributed by atoms with Gasteiger partial charge in [-0.15, -0.1) is 0 Å². The van der Waals surface area contributed by atoms with E-state index in [1.54, 1.807) is 11.1 Å². The van der Waals surface area contributed by atoms with Crippen LogP contribution < -0.4 is 0 Å². The number of rotatable bonds is 31. The first kappa shape index (κ1) is 117. The zero-order chi connectivity index (χ0) is 108. The maximum Gasteiger partial charge on any atom is 0.302 e. The largest absolute Gasteiger partial charge is 0.464 e. The van der Waals surface area contributed by atoms with Gasteiger partial charge in [-0.25, -0.2) is 0 Å². The summed E-state index contributed by atoms with van der Waals surface area (Å²) in [4.78, 5) is 70.6. The molecule has 0 unspecified atom stereocenters. The highest BCUT2D eigenvalue weighted by atomic mass is 16.6. The fraction of sp³-hybridized carbons (Fsp3) is 0.766. The third-order valence-corrected chi connectivity index (χ3v) is 46.9. The second kappa shape index (κ2) is 42.4. The Morgan fingerprint density at radius 3 is 1.06 bits per heavy atom. The lowest BCUT2D eigenvalue weighted by atomic mass is 9.44. The number of esters is 2. The molecule has 16 aliphatic carbocycles. The minimum atomic E-state index is -0.584. The van der Waals surface area contributed by atoms with Crippen molar-refractivity contribution >= 4 is 37.8 Å². The topological polar surface area (TPSA) is 279 Å². The lowest BCUT2D eigenvalue weighted by Crippen LogP contribution is -2.57. The van der Waals surface area contributed by atoms with Gasteiger partial charge in [0.2, 0.25) is 0 Å². The molecule has 8 saturated carbocycles. The van der Waals surface area contributed by atoms with Gasteiger partial charge in [0, 0.05) is 59.2 Å². The minimum Gasteiger partial charge on any atom is -0.464 e. The Balaban J connectivity index is 0.000000163.